The molecule has 0 aromatic heterocycles. The summed E-state index contributed by atoms with van der Waals surface area (Å²) in [5.74, 6) is -0.0374. The molecular formula is C10H9BrN2O. The van der Waals surface area contributed by atoms with E-state index in [0.29, 0.717) is 6.54 Å². The monoisotopic (exact) mass is 252 g/mol. The van der Waals surface area contributed by atoms with Gasteiger partial charge in [0, 0.05) is 21.9 Å². The molecule has 0 atom stereocenters. The first-order valence-electron chi connectivity index (χ1n) is 4.25. The van der Waals surface area contributed by atoms with Crippen LogP contribution in [0.2, 0.25) is 0 Å². The molecule has 1 aliphatic heterocycles. The highest BCUT2D eigenvalue weighted by Crippen LogP contribution is 2.16. The Morgan fingerprint density at radius 2 is 2.00 bits per heavy atom. The molecule has 0 saturated carbocycles. The van der Waals surface area contributed by atoms with E-state index in [2.05, 4.69) is 26.6 Å². The van der Waals surface area contributed by atoms with Crippen LogP contribution >= 0.6 is 15.9 Å². The van der Waals surface area contributed by atoms with E-state index in [0.717, 1.165) is 15.9 Å². The lowest BCUT2D eigenvalue weighted by Gasteiger charge is -2.05. The SMILES string of the molecule is O=C1C=C(Nc2ccc(Br)cc2)CN1. The maximum Gasteiger partial charge on any atom is 0.246 e. The first kappa shape index (κ1) is 9.27. The predicted octanol–water partition coefficient (Wildman–Crippen LogP) is 1.87. The van der Waals surface area contributed by atoms with E-state index >= 15 is 0 Å². The Morgan fingerprint density at radius 3 is 2.57 bits per heavy atom. The van der Waals surface area contributed by atoms with E-state index in [1.807, 2.05) is 24.3 Å². The summed E-state index contributed by atoms with van der Waals surface area (Å²) in [6.07, 6.45) is 1.57. The van der Waals surface area contributed by atoms with Gasteiger partial charge < -0.3 is 10.6 Å². The van der Waals surface area contributed by atoms with Crippen LogP contribution in [0.15, 0.2) is 40.5 Å². The first-order valence-corrected chi connectivity index (χ1v) is 5.04. The zero-order chi connectivity index (χ0) is 9.97. The Balaban J connectivity index is 2.08. The molecule has 0 aliphatic carbocycles. The van der Waals surface area contributed by atoms with Crippen LogP contribution < -0.4 is 10.6 Å². The molecule has 0 radical (unpaired) electrons. The van der Waals surface area contributed by atoms with E-state index in [4.69, 9.17) is 0 Å². The van der Waals surface area contributed by atoms with Crippen LogP contribution in [0.4, 0.5) is 5.69 Å². The number of rotatable bonds is 2. The molecule has 1 aromatic carbocycles. The summed E-state index contributed by atoms with van der Waals surface area (Å²) in [5, 5.41) is 5.85. The van der Waals surface area contributed by atoms with Gasteiger partial charge in [0.05, 0.1) is 6.54 Å². The van der Waals surface area contributed by atoms with Gasteiger partial charge in [-0.3, -0.25) is 4.79 Å². The summed E-state index contributed by atoms with van der Waals surface area (Å²) in [6.45, 7) is 0.578. The minimum Gasteiger partial charge on any atom is -0.357 e. The molecule has 1 amide bonds. The van der Waals surface area contributed by atoms with Gasteiger partial charge >= 0.3 is 0 Å². The van der Waals surface area contributed by atoms with Gasteiger partial charge in [-0.1, -0.05) is 15.9 Å². The fourth-order valence-corrected chi connectivity index (χ4v) is 1.51. The molecule has 1 aliphatic rings. The van der Waals surface area contributed by atoms with Gasteiger partial charge in [-0.15, -0.1) is 0 Å². The quantitative estimate of drug-likeness (QED) is 0.844. The fraction of sp³-hybridized carbons (Fsp3) is 0.100. The molecule has 0 fully saturated rings. The highest BCUT2D eigenvalue weighted by atomic mass is 79.9. The lowest BCUT2D eigenvalue weighted by molar-refractivity contribution is -0.115. The third-order valence-electron chi connectivity index (χ3n) is 1.91. The average Bonchev–Trinajstić information content (AvgIpc) is 2.56. The van der Waals surface area contributed by atoms with Gasteiger partial charge in [-0.05, 0) is 24.3 Å². The van der Waals surface area contributed by atoms with E-state index in [1.54, 1.807) is 6.08 Å². The summed E-state index contributed by atoms with van der Waals surface area (Å²) in [4.78, 5) is 10.9. The van der Waals surface area contributed by atoms with Crippen LogP contribution in [0.25, 0.3) is 0 Å². The van der Waals surface area contributed by atoms with Gasteiger partial charge in [0.2, 0.25) is 5.91 Å². The minimum absolute atomic E-state index is 0.0374. The van der Waals surface area contributed by atoms with Gasteiger partial charge in [0.15, 0.2) is 0 Å². The summed E-state index contributed by atoms with van der Waals surface area (Å²) in [7, 11) is 0. The van der Waals surface area contributed by atoms with Crippen LogP contribution in [0, 0.1) is 0 Å². The van der Waals surface area contributed by atoms with Crippen molar-refractivity contribution >= 4 is 27.5 Å². The van der Waals surface area contributed by atoms with Crippen LogP contribution in [0.3, 0.4) is 0 Å². The second kappa shape index (κ2) is 3.84. The number of halogens is 1. The van der Waals surface area contributed by atoms with Crippen molar-refractivity contribution in [3.05, 3.63) is 40.5 Å². The highest BCUT2D eigenvalue weighted by Gasteiger charge is 2.09. The number of hydrogen-bond acceptors (Lipinski definition) is 2. The van der Waals surface area contributed by atoms with Gasteiger partial charge in [-0.2, -0.15) is 0 Å². The summed E-state index contributed by atoms with van der Waals surface area (Å²) < 4.78 is 1.04. The minimum atomic E-state index is -0.0374. The summed E-state index contributed by atoms with van der Waals surface area (Å²) >= 11 is 3.36. The first-order chi connectivity index (χ1) is 6.74. The highest BCUT2D eigenvalue weighted by molar-refractivity contribution is 9.10. The topological polar surface area (TPSA) is 41.1 Å². The second-order valence-electron chi connectivity index (χ2n) is 3.02. The molecule has 4 heteroatoms. The number of anilines is 1. The number of carbonyl (C=O) groups is 1. The largest absolute Gasteiger partial charge is 0.357 e. The van der Waals surface area contributed by atoms with Crippen molar-refractivity contribution in [2.75, 3.05) is 11.9 Å². The standard InChI is InChI=1S/C10H9BrN2O/c11-7-1-3-8(4-2-7)13-9-5-10(14)12-6-9/h1-5,13H,6H2,(H,12,14). The fourth-order valence-electron chi connectivity index (χ4n) is 1.24. The molecule has 1 aromatic rings. The summed E-state index contributed by atoms with van der Waals surface area (Å²) in [6, 6.07) is 7.81. The Labute approximate surface area is 90.3 Å². The zero-order valence-electron chi connectivity index (χ0n) is 7.38. The lowest BCUT2D eigenvalue weighted by atomic mass is 10.3. The van der Waals surface area contributed by atoms with Crippen molar-refractivity contribution in [2.24, 2.45) is 0 Å². The molecule has 0 unspecified atom stereocenters. The van der Waals surface area contributed by atoms with Crippen LogP contribution in [0.5, 0.6) is 0 Å². The second-order valence-corrected chi connectivity index (χ2v) is 3.93. The van der Waals surface area contributed by atoms with Gasteiger partial charge in [0.1, 0.15) is 0 Å². The zero-order valence-corrected chi connectivity index (χ0v) is 8.97. The summed E-state index contributed by atoms with van der Waals surface area (Å²) in [5.41, 5.74) is 1.88. The van der Waals surface area contributed by atoms with Crippen LogP contribution in [-0.2, 0) is 4.79 Å². The predicted molar refractivity (Wildman–Crippen MR) is 58.9 cm³/mol. The van der Waals surface area contributed by atoms with E-state index in [-0.39, 0.29) is 5.91 Å². The number of amides is 1. The molecule has 0 bridgehead atoms. The number of benzene rings is 1. The van der Waals surface area contributed by atoms with Gasteiger partial charge in [0.25, 0.3) is 0 Å². The molecule has 0 saturated heterocycles. The van der Waals surface area contributed by atoms with Crippen molar-refractivity contribution in [1.29, 1.82) is 0 Å². The Hall–Kier alpha value is -1.29. The van der Waals surface area contributed by atoms with Crippen LogP contribution in [-0.4, -0.2) is 12.5 Å². The molecule has 3 nitrogen and oxygen atoms in total. The normalized spacial score (nSPS) is 14.9. The molecular weight excluding hydrogens is 244 g/mol. The van der Waals surface area contributed by atoms with Gasteiger partial charge in [-0.25, -0.2) is 0 Å². The Kier molecular flexibility index (Phi) is 2.54. The lowest BCUT2D eigenvalue weighted by Crippen LogP contribution is -2.16. The van der Waals surface area contributed by atoms with Crippen LogP contribution in [0.1, 0.15) is 0 Å². The van der Waals surface area contributed by atoms with Crippen molar-refractivity contribution in [3.8, 4) is 0 Å². The molecule has 2 rings (SSSR count). The van der Waals surface area contributed by atoms with Crippen molar-refractivity contribution < 1.29 is 4.79 Å². The third kappa shape index (κ3) is 2.14. The number of hydrogen-bond donors (Lipinski definition) is 2. The van der Waals surface area contributed by atoms with E-state index in [1.165, 1.54) is 0 Å². The van der Waals surface area contributed by atoms with E-state index in [9.17, 15) is 4.79 Å². The Morgan fingerprint density at radius 1 is 1.29 bits per heavy atom. The van der Waals surface area contributed by atoms with Crippen molar-refractivity contribution in [2.45, 2.75) is 0 Å². The molecule has 1 heterocycles. The third-order valence-corrected chi connectivity index (χ3v) is 2.44. The van der Waals surface area contributed by atoms with E-state index < -0.39 is 0 Å². The molecule has 0 spiro atoms. The number of carbonyl (C=O) groups excluding carboxylic acids is 1. The smallest absolute Gasteiger partial charge is 0.246 e. The maximum atomic E-state index is 10.9. The maximum absolute atomic E-state index is 10.9. The van der Waals surface area contributed by atoms with Crippen molar-refractivity contribution in [1.82, 2.24) is 5.32 Å². The average molecular weight is 253 g/mol. The van der Waals surface area contributed by atoms with Crippen molar-refractivity contribution in [3.63, 3.8) is 0 Å². The Bertz CT molecular complexity index is 384. The number of nitrogens with one attached hydrogen (secondary N) is 2. The molecule has 72 valence electrons. The molecule has 2 N–H and O–H groups in total. The molecule has 14 heavy (non-hydrogen) atoms.